The molecule has 3 heterocycles. The Labute approximate surface area is 166 Å². The third kappa shape index (κ3) is 3.82. The highest BCUT2D eigenvalue weighted by atomic mass is 32.2. The molecule has 142 valence electrons. The minimum atomic E-state index is 0.715. The molecule has 0 unspecified atom stereocenters. The maximum absolute atomic E-state index is 5.54. The predicted octanol–water partition coefficient (Wildman–Crippen LogP) is 4.44. The average Bonchev–Trinajstić information content (AvgIpc) is 3.26. The first kappa shape index (κ1) is 18.3. The topological polar surface area (TPSA) is 62.1 Å². The van der Waals surface area contributed by atoms with Gasteiger partial charge in [-0.25, -0.2) is 4.98 Å². The van der Waals surface area contributed by atoms with Crippen molar-refractivity contribution < 1.29 is 9.47 Å². The van der Waals surface area contributed by atoms with Gasteiger partial charge in [-0.05, 0) is 25.0 Å². The van der Waals surface area contributed by atoms with Crippen LogP contribution in [0.15, 0.2) is 28.7 Å². The summed E-state index contributed by atoms with van der Waals surface area (Å²) in [6, 6.07) is 5.86. The molecule has 0 atom stereocenters. The van der Waals surface area contributed by atoms with Crippen LogP contribution < -0.4 is 9.47 Å². The number of nitrogens with zero attached hydrogens (tertiary/aromatic N) is 4. The Morgan fingerprint density at radius 2 is 2.07 bits per heavy atom. The van der Waals surface area contributed by atoms with Crippen LogP contribution in [0.1, 0.15) is 30.8 Å². The Morgan fingerprint density at radius 1 is 1.15 bits per heavy atom. The fourth-order valence-electron chi connectivity index (χ4n) is 3.26. The van der Waals surface area contributed by atoms with Crippen LogP contribution in [0.5, 0.6) is 11.5 Å². The molecule has 2 aromatic heterocycles. The number of ether oxygens (including phenoxy) is 2. The van der Waals surface area contributed by atoms with E-state index in [0.29, 0.717) is 5.75 Å². The van der Waals surface area contributed by atoms with Gasteiger partial charge in [-0.2, -0.15) is 0 Å². The second-order valence-corrected chi connectivity index (χ2v) is 8.14. The molecule has 0 radical (unpaired) electrons. The van der Waals surface area contributed by atoms with Gasteiger partial charge in [-0.3, -0.25) is 0 Å². The highest BCUT2D eigenvalue weighted by Crippen LogP contribution is 2.39. The number of methoxy groups -OCH3 is 2. The van der Waals surface area contributed by atoms with Crippen molar-refractivity contribution in [3.8, 4) is 22.1 Å². The van der Waals surface area contributed by atoms with Gasteiger partial charge in [-0.1, -0.05) is 24.2 Å². The summed E-state index contributed by atoms with van der Waals surface area (Å²) >= 11 is 3.33. The van der Waals surface area contributed by atoms with Crippen molar-refractivity contribution in [2.24, 2.45) is 0 Å². The van der Waals surface area contributed by atoms with E-state index in [-0.39, 0.29) is 0 Å². The second-order valence-electron chi connectivity index (χ2n) is 6.33. The lowest BCUT2D eigenvalue weighted by molar-refractivity contribution is 0.356. The van der Waals surface area contributed by atoms with E-state index in [9.17, 15) is 0 Å². The molecule has 0 fully saturated rings. The van der Waals surface area contributed by atoms with Crippen molar-refractivity contribution in [3.05, 3.63) is 35.1 Å². The lowest BCUT2D eigenvalue weighted by atomic mass is 10.2. The number of para-hydroxylation sites is 1. The van der Waals surface area contributed by atoms with Crippen molar-refractivity contribution in [3.63, 3.8) is 0 Å². The summed E-state index contributed by atoms with van der Waals surface area (Å²) in [5.41, 5.74) is 1.99. The maximum Gasteiger partial charge on any atom is 0.191 e. The molecule has 1 aliphatic rings. The zero-order valence-corrected chi connectivity index (χ0v) is 17.1. The number of thioether (sulfide) groups is 1. The standard InChI is InChI=1S/C19H22N4O2S2/c1-24-15-8-6-7-14(17(15)25-2)18-20-13(11-26-18)12-27-19-22-21-16-9-4-3-5-10-23(16)19/h6-8,11H,3-5,9-10,12H2,1-2H3. The number of aryl methyl sites for hydroxylation is 1. The van der Waals surface area contributed by atoms with Gasteiger partial charge < -0.3 is 14.0 Å². The van der Waals surface area contributed by atoms with Gasteiger partial charge in [0.05, 0.1) is 25.5 Å². The minimum Gasteiger partial charge on any atom is -0.493 e. The number of benzene rings is 1. The zero-order valence-electron chi connectivity index (χ0n) is 15.5. The van der Waals surface area contributed by atoms with Crippen molar-refractivity contribution in [1.29, 1.82) is 0 Å². The van der Waals surface area contributed by atoms with Crippen LogP contribution in [0.2, 0.25) is 0 Å². The smallest absolute Gasteiger partial charge is 0.191 e. The molecule has 0 saturated carbocycles. The third-order valence-corrected chi connectivity index (χ3v) is 6.53. The van der Waals surface area contributed by atoms with E-state index in [0.717, 1.165) is 51.7 Å². The summed E-state index contributed by atoms with van der Waals surface area (Å²) in [6.07, 6.45) is 4.71. The number of hydrogen-bond donors (Lipinski definition) is 0. The summed E-state index contributed by atoms with van der Waals surface area (Å²) < 4.78 is 13.2. The molecule has 0 bridgehead atoms. The first-order chi connectivity index (χ1) is 13.3. The van der Waals surface area contributed by atoms with Gasteiger partial charge >= 0.3 is 0 Å². The number of rotatable bonds is 6. The first-order valence-corrected chi connectivity index (χ1v) is 10.9. The molecule has 4 rings (SSSR count). The summed E-state index contributed by atoms with van der Waals surface area (Å²) in [7, 11) is 3.30. The fraction of sp³-hybridized carbons (Fsp3) is 0.421. The molecule has 8 heteroatoms. The van der Waals surface area contributed by atoms with Gasteiger partial charge in [0, 0.05) is 24.1 Å². The molecule has 0 spiro atoms. The van der Waals surface area contributed by atoms with Gasteiger partial charge in [-0.15, -0.1) is 21.5 Å². The lowest BCUT2D eigenvalue weighted by Gasteiger charge is -2.10. The Balaban J connectivity index is 1.51. The summed E-state index contributed by atoms with van der Waals surface area (Å²) in [4.78, 5) is 4.80. The molecule has 3 aromatic rings. The van der Waals surface area contributed by atoms with E-state index in [4.69, 9.17) is 14.5 Å². The van der Waals surface area contributed by atoms with Crippen molar-refractivity contribution in [1.82, 2.24) is 19.7 Å². The van der Waals surface area contributed by atoms with Gasteiger partial charge in [0.2, 0.25) is 0 Å². The SMILES string of the molecule is COc1cccc(-c2nc(CSc3nnc4n3CCCCC4)cs2)c1OC. The molecular formula is C19H22N4O2S2. The van der Waals surface area contributed by atoms with Gasteiger partial charge in [0.1, 0.15) is 10.8 Å². The highest BCUT2D eigenvalue weighted by molar-refractivity contribution is 7.98. The molecule has 27 heavy (non-hydrogen) atoms. The Hall–Kier alpha value is -2.06. The van der Waals surface area contributed by atoms with Crippen molar-refractivity contribution >= 4 is 23.1 Å². The van der Waals surface area contributed by atoms with Crippen LogP contribution in [-0.2, 0) is 18.7 Å². The normalized spacial score (nSPS) is 13.9. The van der Waals surface area contributed by atoms with Crippen molar-refractivity contribution in [2.45, 2.75) is 43.1 Å². The summed E-state index contributed by atoms with van der Waals surface area (Å²) in [5, 5.41) is 12.8. The van der Waals surface area contributed by atoms with Crippen molar-refractivity contribution in [2.75, 3.05) is 14.2 Å². The van der Waals surface area contributed by atoms with E-state index >= 15 is 0 Å². The van der Waals surface area contributed by atoms with Crippen LogP contribution in [0.4, 0.5) is 0 Å². The highest BCUT2D eigenvalue weighted by Gasteiger charge is 2.17. The predicted molar refractivity (Wildman–Crippen MR) is 108 cm³/mol. The van der Waals surface area contributed by atoms with Crippen LogP contribution in [0.25, 0.3) is 10.6 Å². The quantitative estimate of drug-likeness (QED) is 0.568. The number of aromatic nitrogens is 4. The Bertz CT molecular complexity index is 922. The Kier molecular flexibility index (Phi) is 5.63. The molecule has 0 saturated heterocycles. The fourth-order valence-corrected chi connectivity index (χ4v) is 5.08. The zero-order chi connectivity index (χ0) is 18.6. The summed E-state index contributed by atoms with van der Waals surface area (Å²) in [5.74, 6) is 3.33. The van der Waals surface area contributed by atoms with E-state index in [1.807, 2.05) is 18.2 Å². The van der Waals surface area contributed by atoms with Gasteiger partial charge in [0.15, 0.2) is 16.7 Å². The van der Waals surface area contributed by atoms with Crippen LogP contribution in [-0.4, -0.2) is 34.0 Å². The molecule has 0 N–H and O–H groups in total. The lowest BCUT2D eigenvalue weighted by Crippen LogP contribution is -2.02. The van der Waals surface area contributed by atoms with E-state index in [2.05, 4.69) is 20.1 Å². The molecule has 6 nitrogen and oxygen atoms in total. The molecule has 1 aliphatic heterocycles. The van der Waals surface area contributed by atoms with Crippen LogP contribution in [0.3, 0.4) is 0 Å². The van der Waals surface area contributed by atoms with E-state index in [1.165, 1.54) is 19.3 Å². The number of thiazole rings is 1. The number of fused-ring (bicyclic) bond motifs is 1. The average molecular weight is 403 g/mol. The summed E-state index contributed by atoms with van der Waals surface area (Å²) in [6.45, 7) is 1.02. The maximum atomic E-state index is 5.54. The molecule has 0 aliphatic carbocycles. The largest absolute Gasteiger partial charge is 0.493 e. The van der Waals surface area contributed by atoms with Crippen LogP contribution in [0, 0.1) is 0 Å². The monoisotopic (exact) mass is 402 g/mol. The van der Waals surface area contributed by atoms with E-state index < -0.39 is 0 Å². The second kappa shape index (κ2) is 8.31. The number of hydrogen-bond acceptors (Lipinski definition) is 7. The Morgan fingerprint density at radius 3 is 2.93 bits per heavy atom. The van der Waals surface area contributed by atoms with E-state index in [1.54, 1.807) is 37.3 Å². The molecule has 1 aromatic carbocycles. The molecular weight excluding hydrogens is 380 g/mol. The van der Waals surface area contributed by atoms with Crippen LogP contribution >= 0.6 is 23.1 Å². The molecule has 0 amide bonds. The first-order valence-electron chi connectivity index (χ1n) is 9.01. The minimum absolute atomic E-state index is 0.715. The third-order valence-electron chi connectivity index (χ3n) is 4.61. The van der Waals surface area contributed by atoms with Gasteiger partial charge in [0.25, 0.3) is 0 Å².